The van der Waals surface area contributed by atoms with Crippen molar-refractivity contribution < 1.29 is 4.42 Å². The summed E-state index contributed by atoms with van der Waals surface area (Å²) in [7, 11) is 0. The molecule has 0 aliphatic heterocycles. The van der Waals surface area contributed by atoms with Crippen molar-refractivity contribution in [1.82, 2.24) is 10.3 Å². The van der Waals surface area contributed by atoms with Crippen molar-refractivity contribution in [2.24, 2.45) is 0 Å². The lowest BCUT2D eigenvalue weighted by Gasteiger charge is -2.09. The van der Waals surface area contributed by atoms with Crippen LogP contribution >= 0.6 is 27.3 Å². The highest BCUT2D eigenvalue weighted by molar-refractivity contribution is 9.11. The zero-order chi connectivity index (χ0) is 11.5. The molecule has 2 aromatic rings. The fourth-order valence-corrected chi connectivity index (χ4v) is 2.84. The Kier molecular flexibility index (Phi) is 3.78. The zero-order valence-electron chi connectivity index (χ0n) is 9.16. The van der Waals surface area contributed by atoms with Gasteiger partial charge in [0.15, 0.2) is 0 Å². The first kappa shape index (κ1) is 11.8. The van der Waals surface area contributed by atoms with Gasteiger partial charge in [0, 0.05) is 10.9 Å². The molecule has 0 fully saturated rings. The van der Waals surface area contributed by atoms with Gasteiger partial charge in [0.2, 0.25) is 5.89 Å². The maximum absolute atomic E-state index is 5.40. The SMILES string of the molecule is Cc1cnc(CNC(C)c2ccc(Br)s2)o1. The van der Waals surface area contributed by atoms with Crippen LogP contribution in [0.1, 0.15) is 29.5 Å². The molecule has 5 heteroatoms. The van der Waals surface area contributed by atoms with Crippen LogP contribution in [-0.2, 0) is 6.54 Å². The lowest BCUT2D eigenvalue weighted by molar-refractivity contribution is 0.433. The molecule has 0 aliphatic carbocycles. The molecule has 3 nitrogen and oxygen atoms in total. The number of hydrogen-bond acceptors (Lipinski definition) is 4. The van der Waals surface area contributed by atoms with E-state index in [1.165, 1.54) is 4.88 Å². The van der Waals surface area contributed by atoms with Crippen LogP contribution in [0.5, 0.6) is 0 Å². The summed E-state index contributed by atoms with van der Waals surface area (Å²) in [6, 6.07) is 4.49. The van der Waals surface area contributed by atoms with Crippen LogP contribution in [0.3, 0.4) is 0 Å². The number of nitrogens with zero attached hydrogens (tertiary/aromatic N) is 1. The highest BCUT2D eigenvalue weighted by Crippen LogP contribution is 2.27. The van der Waals surface area contributed by atoms with Gasteiger partial charge in [-0.25, -0.2) is 4.98 Å². The summed E-state index contributed by atoms with van der Waals surface area (Å²) in [4.78, 5) is 5.45. The van der Waals surface area contributed by atoms with Gasteiger partial charge in [-0.05, 0) is 41.9 Å². The minimum atomic E-state index is 0.309. The summed E-state index contributed by atoms with van der Waals surface area (Å²) >= 11 is 5.20. The van der Waals surface area contributed by atoms with E-state index in [0.29, 0.717) is 12.6 Å². The number of oxazole rings is 1. The largest absolute Gasteiger partial charge is 0.445 e. The molecular formula is C11H13BrN2OS. The number of thiophene rings is 1. The Labute approximate surface area is 107 Å². The van der Waals surface area contributed by atoms with E-state index < -0.39 is 0 Å². The van der Waals surface area contributed by atoms with Gasteiger partial charge < -0.3 is 9.73 Å². The second kappa shape index (κ2) is 5.12. The molecule has 2 heterocycles. The maximum atomic E-state index is 5.40. The molecule has 0 bridgehead atoms. The van der Waals surface area contributed by atoms with Crippen LogP contribution in [-0.4, -0.2) is 4.98 Å². The highest BCUT2D eigenvalue weighted by atomic mass is 79.9. The Balaban J connectivity index is 1.91. The second-order valence-corrected chi connectivity index (χ2v) is 6.10. The topological polar surface area (TPSA) is 38.1 Å². The molecule has 1 unspecified atom stereocenters. The Morgan fingerprint density at radius 2 is 2.38 bits per heavy atom. The Hall–Kier alpha value is -0.650. The molecule has 0 amide bonds. The molecule has 0 saturated heterocycles. The van der Waals surface area contributed by atoms with Gasteiger partial charge in [0.05, 0.1) is 16.5 Å². The van der Waals surface area contributed by atoms with Crippen molar-refractivity contribution in [3.05, 3.63) is 38.6 Å². The highest BCUT2D eigenvalue weighted by Gasteiger charge is 2.09. The van der Waals surface area contributed by atoms with Gasteiger partial charge in [0.1, 0.15) is 5.76 Å². The summed E-state index contributed by atoms with van der Waals surface area (Å²) in [6.07, 6.45) is 1.74. The van der Waals surface area contributed by atoms with E-state index in [-0.39, 0.29) is 0 Å². The van der Waals surface area contributed by atoms with Gasteiger partial charge in [-0.1, -0.05) is 0 Å². The number of hydrogen-bond donors (Lipinski definition) is 1. The molecule has 86 valence electrons. The number of halogens is 1. The number of aromatic nitrogens is 1. The lowest BCUT2D eigenvalue weighted by atomic mass is 10.3. The van der Waals surface area contributed by atoms with Crippen molar-refractivity contribution in [1.29, 1.82) is 0 Å². The normalized spacial score (nSPS) is 12.9. The predicted octanol–water partition coefficient (Wildman–Crippen LogP) is 3.66. The third-order valence-electron chi connectivity index (χ3n) is 2.25. The van der Waals surface area contributed by atoms with Crippen LogP contribution in [0.2, 0.25) is 0 Å². The first-order chi connectivity index (χ1) is 7.65. The van der Waals surface area contributed by atoms with Crippen LogP contribution < -0.4 is 5.32 Å². The van der Waals surface area contributed by atoms with E-state index in [4.69, 9.17) is 4.42 Å². The predicted molar refractivity (Wildman–Crippen MR) is 68.5 cm³/mol. The zero-order valence-corrected chi connectivity index (χ0v) is 11.6. The average Bonchev–Trinajstić information content (AvgIpc) is 2.84. The summed E-state index contributed by atoms with van der Waals surface area (Å²) in [5.74, 6) is 1.59. The van der Waals surface area contributed by atoms with Crippen LogP contribution in [0, 0.1) is 6.92 Å². The van der Waals surface area contributed by atoms with Gasteiger partial charge in [-0.2, -0.15) is 0 Å². The van der Waals surface area contributed by atoms with Crippen molar-refractivity contribution in [3.63, 3.8) is 0 Å². The first-order valence-electron chi connectivity index (χ1n) is 5.05. The Bertz CT molecular complexity index is 466. The van der Waals surface area contributed by atoms with Gasteiger partial charge >= 0.3 is 0 Å². The molecule has 0 aromatic carbocycles. The van der Waals surface area contributed by atoms with Crippen LogP contribution in [0.4, 0.5) is 0 Å². The minimum absolute atomic E-state index is 0.309. The quantitative estimate of drug-likeness (QED) is 0.936. The van der Waals surface area contributed by atoms with E-state index in [1.807, 2.05) is 6.92 Å². The number of aryl methyl sites for hydroxylation is 1. The third kappa shape index (κ3) is 2.93. The average molecular weight is 301 g/mol. The summed E-state index contributed by atoms with van der Waals surface area (Å²) in [5.41, 5.74) is 0. The molecule has 1 atom stereocenters. The van der Waals surface area contributed by atoms with Crippen molar-refractivity contribution in [2.45, 2.75) is 26.4 Å². The summed E-state index contributed by atoms with van der Waals surface area (Å²) < 4.78 is 6.55. The van der Waals surface area contributed by atoms with Crippen molar-refractivity contribution in [3.8, 4) is 0 Å². The molecule has 0 aliphatic rings. The standard InChI is InChI=1S/C11H13BrN2OS/c1-7-5-14-11(15-7)6-13-8(2)9-3-4-10(12)16-9/h3-5,8,13H,6H2,1-2H3. The minimum Gasteiger partial charge on any atom is -0.445 e. The smallest absolute Gasteiger partial charge is 0.208 e. The van der Waals surface area contributed by atoms with E-state index >= 15 is 0 Å². The molecular weight excluding hydrogens is 288 g/mol. The van der Waals surface area contributed by atoms with E-state index in [2.05, 4.69) is 45.3 Å². The fraction of sp³-hybridized carbons (Fsp3) is 0.364. The first-order valence-corrected chi connectivity index (χ1v) is 6.66. The van der Waals surface area contributed by atoms with Gasteiger partial charge in [0.25, 0.3) is 0 Å². The summed E-state index contributed by atoms with van der Waals surface area (Å²) in [5, 5.41) is 3.38. The van der Waals surface area contributed by atoms with E-state index in [9.17, 15) is 0 Å². The van der Waals surface area contributed by atoms with Crippen LogP contribution in [0.25, 0.3) is 0 Å². The second-order valence-electron chi connectivity index (χ2n) is 3.61. The van der Waals surface area contributed by atoms with Gasteiger partial charge in [-0.15, -0.1) is 11.3 Å². The number of rotatable bonds is 4. The van der Waals surface area contributed by atoms with Gasteiger partial charge in [-0.3, -0.25) is 0 Å². The van der Waals surface area contributed by atoms with E-state index in [0.717, 1.165) is 15.4 Å². The third-order valence-corrected chi connectivity index (χ3v) is 4.06. The molecule has 0 spiro atoms. The maximum Gasteiger partial charge on any atom is 0.208 e. The molecule has 1 N–H and O–H groups in total. The van der Waals surface area contributed by atoms with Crippen molar-refractivity contribution in [2.75, 3.05) is 0 Å². The Morgan fingerprint density at radius 3 is 2.94 bits per heavy atom. The van der Waals surface area contributed by atoms with Crippen LogP contribution in [0.15, 0.2) is 26.5 Å². The molecule has 2 rings (SSSR count). The lowest BCUT2D eigenvalue weighted by Crippen LogP contribution is -2.17. The fourth-order valence-electron chi connectivity index (χ4n) is 1.39. The molecule has 0 radical (unpaired) electrons. The van der Waals surface area contributed by atoms with Crippen molar-refractivity contribution >= 4 is 27.3 Å². The molecule has 2 aromatic heterocycles. The Morgan fingerprint density at radius 1 is 1.56 bits per heavy atom. The molecule has 0 saturated carbocycles. The summed E-state index contributed by atoms with van der Waals surface area (Å²) in [6.45, 7) is 4.69. The number of nitrogens with one attached hydrogen (secondary N) is 1. The van der Waals surface area contributed by atoms with E-state index in [1.54, 1.807) is 17.5 Å². The monoisotopic (exact) mass is 300 g/mol. The molecule has 16 heavy (non-hydrogen) atoms.